The van der Waals surface area contributed by atoms with E-state index in [1.165, 1.54) is 64.2 Å². The van der Waals surface area contributed by atoms with Crippen LogP contribution >= 0.6 is 0 Å². The number of hydrogen-bond donors (Lipinski definition) is 1. The molecule has 2 aliphatic carbocycles. The summed E-state index contributed by atoms with van der Waals surface area (Å²) in [5.74, 6) is 1.38. The van der Waals surface area contributed by atoms with E-state index in [1.807, 2.05) is 29.2 Å². The molecule has 5 aliphatic rings. The van der Waals surface area contributed by atoms with Gasteiger partial charge in [-0.25, -0.2) is 4.98 Å². The Morgan fingerprint density at radius 3 is 2.15 bits per heavy atom. The fourth-order valence-electron chi connectivity index (χ4n) is 9.36. The van der Waals surface area contributed by atoms with E-state index in [0.29, 0.717) is 17.9 Å². The molecule has 0 spiro atoms. The summed E-state index contributed by atoms with van der Waals surface area (Å²) in [7, 11) is 3.59. The molecule has 1 N–H and O–H groups in total. The van der Waals surface area contributed by atoms with Crippen molar-refractivity contribution >= 4 is 22.8 Å². The number of carbonyl (C=O) groups is 1. The zero-order chi connectivity index (χ0) is 27.6. The van der Waals surface area contributed by atoms with E-state index in [0.717, 1.165) is 41.8 Å². The number of piperidine rings is 2. The Labute approximate surface area is 237 Å². The highest BCUT2D eigenvalue weighted by molar-refractivity contribution is 5.84. The van der Waals surface area contributed by atoms with Crippen LogP contribution < -0.4 is 10.5 Å². The summed E-state index contributed by atoms with van der Waals surface area (Å²) in [6.45, 7) is 0.535. The average molecular weight is 548 g/mol. The first-order chi connectivity index (χ1) is 19.3. The smallest absolute Gasteiger partial charge is 0.327 e. The van der Waals surface area contributed by atoms with E-state index < -0.39 is 11.5 Å². The van der Waals surface area contributed by atoms with Gasteiger partial charge in [-0.2, -0.15) is 0 Å². The Bertz CT molecular complexity index is 1310. The minimum Gasteiger partial charge on any atom is -0.480 e. The number of aromatic nitrogens is 2. The van der Waals surface area contributed by atoms with Gasteiger partial charge in [-0.15, -0.1) is 0 Å². The molecule has 1 aromatic carbocycles. The maximum absolute atomic E-state index is 14.2. The molecule has 0 amide bonds. The molecular formula is C32H45N5O3. The first kappa shape index (κ1) is 26.4. The topological polar surface area (TPSA) is 81.9 Å². The van der Waals surface area contributed by atoms with Crippen LogP contribution in [0, 0.1) is 11.8 Å². The van der Waals surface area contributed by atoms with Gasteiger partial charge in [0.2, 0.25) is 0 Å². The minimum absolute atomic E-state index is 0.0587. The quantitative estimate of drug-likeness (QED) is 0.590. The van der Waals surface area contributed by atoms with Crippen LogP contribution in [0.15, 0.2) is 29.1 Å². The normalized spacial score (nSPS) is 33.9. The van der Waals surface area contributed by atoms with E-state index >= 15 is 0 Å². The third-order valence-corrected chi connectivity index (χ3v) is 11.4. The van der Waals surface area contributed by atoms with Gasteiger partial charge in [0.05, 0.1) is 24.1 Å². The van der Waals surface area contributed by atoms with Crippen molar-refractivity contribution in [2.45, 2.75) is 107 Å². The number of benzene rings is 1. The molecule has 8 nitrogen and oxygen atoms in total. The summed E-state index contributed by atoms with van der Waals surface area (Å²) < 4.78 is 2.05. The molecule has 0 radical (unpaired) electrons. The molecule has 3 aliphatic heterocycles. The zero-order valence-electron chi connectivity index (χ0n) is 24.2. The van der Waals surface area contributed by atoms with Gasteiger partial charge in [-0.05, 0) is 83.0 Å². The van der Waals surface area contributed by atoms with Crippen LogP contribution in [-0.2, 0) is 4.79 Å². The fourth-order valence-corrected chi connectivity index (χ4v) is 9.36. The summed E-state index contributed by atoms with van der Waals surface area (Å²) in [5.41, 5.74) is 0.689. The second kappa shape index (κ2) is 10.1. The molecule has 1 aromatic heterocycles. The van der Waals surface area contributed by atoms with Gasteiger partial charge in [0.1, 0.15) is 0 Å². The van der Waals surface area contributed by atoms with Crippen LogP contribution in [0.5, 0.6) is 0 Å². The van der Waals surface area contributed by atoms with Crippen molar-refractivity contribution in [2.24, 2.45) is 11.8 Å². The van der Waals surface area contributed by atoms with Crippen molar-refractivity contribution in [3.05, 3.63) is 34.6 Å². The molecule has 4 heterocycles. The Morgan fingerprint density at radius 1 is 0.875 bits per heavy atom. The standard InChI is InChI=1S/C32H45N5O3/c1-34(2)32(31(39)40)19-35(20-32)29-30(38)37(28-13-6-5-12-27(28)33-29)26-17-23-10-7-11-24(18-26)36(23)25-15-21-8-3-4-9-22(14-21)16-25/h5-6,12-13,21-26H,3-4,7-11,14-20H2,1-2H3,(H,39,40)/t21-,22?,23+,24+,25-/m0/s1. The van der Waals surface area contributed by atoms with Crippen molar-refractivity contribution in [3.8, 4) is 0 Å². The fraction of sp³-hybridized carbons (Fsp3) is 0.719. The van der Waals surface area contributed by atoms with Crippen molar-refractivity contribution in [2.75, 3.05) is 32.1 Å². The second-order valence-electron chi connectivity index (χ2n) is 13.9. The Hall–Kier alpha value is -2.45. The molecule has 5 fully saturated rings. The van der Waals surface area contributed by atoms with Gasteiger partial charge in [0.15, 0.2) is 11.4 Å². The van der Waals surface area contributed by atoms with Crippen molar-refractivity contribution < 1.29 is 9.90 Å². The van der Waals surface area contributed by atoms with Gasteiger partial charge in [-0.1, -0.05) is 44.2 Å². The summed E-state index contributed by atoms with van der Waals surface area (Å²) in [6, 6.07) is 9.97. The van der Waals surface area contributed by atoms with Crippen molar-refractivity contribution in [1.82, 2.24) is 19.4 Å². The van der Waals surface area contributed by atoms with Crippen LogP contribution in [-0.4, -0.2) is 81.3 Å². The van der Waals surface area contributed by atoms with E-state index in [1.54, 1.807) is 19.0 Å². The first-order valence-electron chi connectivity index (χ1n) is 15.8. The lowest BCUT2D eigenvalue weighted by Crippen LogP contribution is -2.73. The van der Waals surface area contributed by atoms with E-state index in [-0.39, 0.29) is 24.7 Å². The predicted molar refractivity (Wildman–Crippen MR) is 157 cm³/mol. The molecule has 5 atom stereocenters. The van der Waals surface area contributed by atoms with Crippen molar-refractivity contribution in [3.63, 3.8) is 0 Å². The van der Waals surface area contributed by atoms with E-state index in [9.17, 15) is 14.7 Å². The maximum atomic E-state index is 14.2. The molecule has 7 rings (SSSR count). The Morgan fingerprint density at radius 2 is 1.52 bits per heavy atom. The number of nitrogens with zero attached hydrogens (tertiary/aromatic N) is 5. The number of hydrogen-bond acceptors (Lipinski definition) is 6. The zero-order valence-corrected chi connectivity index (χ0v) is 24.2. The molecule has 8 heteroatoms. The second-order valence-corrected chi connectivity index (χ2v) is 13.9. The highest BCUT2D eigenvalue weighted by atomic mass is 16.4. The molecule has 1 unspecified atom stereocenters. The summed E-state index contributed by atoms with van der Waals surface area (Å²) in [5, 5.41) is 9.93. The largest absolute Gasteiger partial charge is 0.480 e. The lowest BCUT2D eigenvalue weighted by molar-refractivity contribution is -0.151. The molecule has 3 saturated heterocycles. The number of carboxylic acids is 1. The van der Waals surface area contributed by atoms with E-state index in [4.69, 9.17) is 4.98 Å². The number of fused-ring (bicyclic) bond motifs is 5. The van der Waals surface area contributed by atoms with Crippen LogP contribution in [0.4, 0.5) is 5.82 Å². The molecule has 2 saturated carbocycles. The Balaban J connectivity index is 1.20. The number of carboxylic acid groups (broad SMARTS) is 1. The monoisotopic (exact) mass is 547 g/mol. The van der Waals surface area contributed by atoms with Crippen LogP contribution in [0.25, 0.3) is 11.0 Å². The number of likely N-dealkylation sites (N-methyl/N-ethyl adjacent to an activating group) is 1. The molecule has 216 valence electrons. The highest BCUT2D eigenvalue weighted by Crippen LogP contribution is 2.47. The van der Waals surface area contributed by atoms with Crippen LogP contribution in [0.3, 0.4) is 0 Å². The number of rotatable bonds is 5. The van der Waals surface area contributed by atoms with E-state index in [2.05, 4.69) is 9.47 Å². The van der Waals surface area contributed by atoms with Crippen LogP contribution in [0.1, 0.15) is 83.1 Å². The van der Waals surface area contributed by atoms with Gasteiger partial charge in [0, 0.05) is 24.2 Å². The molecular weight excluding hydrogens is 502 g/mol. The minimum atomic E-state index is -0.982. The number of para-hydroxylation sites is 2. The number of anilines is 1. The van der Waals surface area contributed by atoms with Gasteiger partial charge < -0.3 is 14.6 Å². The lowest BCUT2D eigenvalue weighted by atomic mass is 9.73. The Kier molecular flexibility index (Phi) is 6.69. The van der Waals surface area contributed by atoms with Gasteiger partial charge >= 0.3 is 5.97 Å². The summed E-state index contributed by atoms with van der Waals surface area (Å²) >= 11 is 0. The summed E-state index contributed by atoms with van der Waals surface area (Å²) in [4.78, 5) is 37.7. The molecule has 2 aromatic rings. The summed E-state index contributed by atoms with van der Waals surface area (Å²) in [6.07, 6.45) is 15.7. The maximum Gasteiger partial charge on any atom is 0.327 e. The molecule has 40 heavy (non-hydrogen) atoms. The third-order valence-electron chi connectivity index (χ3n) is 11.4. The first-order valence-corrected chi connectivity index (χ1v) is 15.8. The lowest BCUT2D eigenvalue weighted by Gasteiger charge is -2.55. The van der Waals surface area contributed by atoms with Crippen LogP contribution in [0.2, 0.25) is 0 Å². The third kappa shape index (κ3) is 4.28. The highest BCUT2D eigenvalue weighted by Gasteiger charge is 2.53. The average Bonchev–Trinajstić information content (AvgIpc) is 3.06. The predicted octanol–water partition coefficient (Wildman–Crippen LogP) is 4.52. The number of aliphatic carboxylic acids is 1. The van der Waals surface area contributed by atoms with Gasteiger partial charge in [-0.3, -0.25) is 19.4 Å². The SMILES string of the molecule is CN(C)C1(C(=O)O)CN(c2nc3ccccc3n(C3C[C@H]4CCC[C@H](C3)N4[C@@H]3CC4CCCC[C@@H](C4)C3)c2=O)C1. The molecule has 4 bridgehead atoms. The van der Waals surface area contributed by atoms with Gasteiger partial charge in [0.25, 0.3) is 5.56 Å². The van der Waals surface area contributed by atoms with Crippen molar-refractivity contribution in [1.29, 1.82) is 0 Å².